The molecule has 0 atom stereocenters. The molecule has 0 fully saturated rings. The van der Waals surface area contributed by atoms with E-state index in [1.807, 2.05) is 30.3 Å². The van der Waals surface area contributed by atoms with Crippen LogP contribution in [0.2, 0.25) is 5.02 Å². The van der Waals surface area contributed by atoms with E-state index >= 15 is 0 Å². The number of rotatable bonds is 2. The van der Waals surface area contributed by atoms with Gasteiger partial charge < -0.3 is 5.11 Å². The Balaban J connectivity index is 2.86. The SMILES string of the molecule is CC(C)(O)/C=C/c1ccccc1Cl. The Kier molecular flexibility index (Phi) is 3.12. The van der Waals surface area contributed by atoms with Crippen LogP contribution in [0.4, 0.5) is 0 Å². The van der Waals surface area contributed by atoms with Crippen molar-refractivity contribution in [3.05, 3.63) is 40.9 Å². The molecule has 0 aliphatic heterocycles. The van der Waals surface area contributed by atoms with Crippen molar-refractivity contribution >= 4 is 17.7 Å². The van der Waals surface area contributed by atoms with Crippen LogP contribution in [0.25, 0.3) is 6.08 Å². The summed E-state index contributed by atoms with van der Waals surface area (Å²) in [7, 11) is 0. The molecule has 1 nitrogen and oxygen atoms in total. The Hall–Kier alpha value is -0.790. The second-order valence-electron chi connectivity index (χ2n) is 3.51. The average Bonchev–Trinajstić information content (AvgIpc) is 2.01. The monoisotopic (exact) mass is 196 g/mol. The molecule has 0 amide bonds. The lowest BCUT2D eigenvalue weighted by Crippen LogP contribution is -2.13. The van der Waals surface area contributed by atoms with Gasteiger partial charge in [0, 0.05) is 5.02 Å². The first-order valence-corrected chi connectivity index (χ1v) is 4.53. The highest BCUT2D eigenvalue weighted by atomic mass is 35.5. The van der Waals surface area contributed by atoms with Crippen LogP contribution in [-0.4, -0.2) is 10.7 Å². The van der Waals surface area contributed by atoms with Crippen LogP contribution >= 0.6 is 11.6 Å². The molecule has 0 aromatic heterocycles. The summed E-state index contributed by atoms with van der Waals surface area (Å²) in [6, 6.07) is 7.52. The molecule has 0 heterocycles. The Morgan fingerprint density at radius 1 is 1.31 bits per heavy atom. The van der Waals surface area contributed by atoms with E-state index in [-0.39, 0.29) is 0 Å². The summed E-state index contributed by atoms with van der Waals surface area (Å²) in [5, 5.41) is 10.1. The van der Waals surface area contributed by atoms with E-state index < -0.39 is 5.60 Å². The van der Waals surface area contributed by atoms with E-state index in [1.54, 1.807) is 19.9 Å². The fraction of sp³-hybridized carbons (Fsp3) is 0.273. The zero-order valence-electron chi connectivity index (χ0n) is 7.79. The molecule has 1 rings (SSSR count). The van der Waals surface area contributed by atoms with Gasteiger partial charge in [-0.15, -0.1) is 0 Å². The van der Waals surface area contributed by atoms with Gasteiger partial charge in [0.15, 0.2) is 0 Å². The highest BCUT2D eigenvalue weighted by Gasteiger charge is 2.06. The van der Waals surface area contributed by atoms with Gasteiger partial charge in [-0.25, -0.2) is 0 Å². The van der Waals surface area contributed by atoms with Gasteiger partial charge in [-0.3, -0.25) is 0 Å². The van der Waals surface area contributed by atoms with Crippen molar-refractivity contribution in [3.8, 4) is 0 Å². The van der Waals surface area contributed by atoms with Crippen molar-refractivity contribution in [3.63, 3.8) is 0 Å². The van der Waals surface area contributed by atoms with E-state index in [0.717, 1.165) is 5.56 Å². The fourth-order valence-corrected chi connectivity index (χ4v) is 1.10. The van der Waals surface area contributed by atoms with Crippen LogP contribution < -0.4 is 0 Å². The highest BCUT2D eigenvalue weighted by molar-refractivity contribution is 6.32. The summed E-state index contributed by atoms with van der Waals surface area (Å²) in [6.45, 7) is 3.45. The van der Waals surface area contributed by atoms with Crippen LogP contribution in [0, 0.1) is 0 Å². The molecular weight excluding hydrogens is 184 g/mol. The summed E-state index contributed by atoms with van der Waals surface area (Å²) in [6.07, 6.45) is 3.54. The van der Waals surface area contributed by atoms with Crippen LogP contribution in [0.1, 0.15) is 19.4 Å². The van der Waals surface area contributed by atoms with Crippen LogP contribution in [0.3, 0.4) is 0 Å². The van der Waals surface area contributed by atoms with Crippen molar-refractivity contribution in [2.75, 3.05) is 0 Å². The fourth-order valence-electron chi connectivity index (χ4n) is 0.904. The van der Waals surface area contributed by atoms with Crippen LogP contribution in [-0.2, 0) is 0 Å². The maximum atomic E-state index is 9.44. The third-order valence-corrected chi connectivity index (χ3v) is 1.92. The molecule has 0 aliphatic carbocycles. The van der Waals surface area contributed by atoms with E-state index in [0.29, 0.717) is 5.02 Å². The minimum absolute atomic E-state index is 0.697. The Morgan fingerprint density at radius 2 is 1.92 bits per heavy atom. The van der Waals surface area contributed by atoms with Gasteiger partial charge in [-0.1, -0.05) is 42.0 Å². The first-order chi connectivity index (χ1) is 5.99. The molecule has 0 spiro atoms. The first kappa shape index (κ1) is 10.3. The second kappa shape index (κ2) is 3.95. The van der Waals surface area contributed by atoms with Gasteiger partial charge in [0.25, 0.3) is 0 Å². The van der Waals surface area contributed by atoms with E-state index in [1.165, 1.54) is 0 Å². The minimum Gasteiger partial charge on any atom is -0.386 e. The number of benzene rings is 1. The second-order valence-corrected chi connectivity index (χ2v) is 3.92. The lowest BCUT2D eigenvalue weighted by atomic mass is 10.1. The first-order valence-electron chi connectivity index (χ1n) is 4.15. The lowest BCUT2D eigenvalue weighted by Gasteiger charge is -2.10. The number of halogens is 1. The molecule has 13 heavy (non-hydrogen) atoms. The third-order valence-electron chi connectivity index (χ3n) is 1.58. The predicted octanol–water partition coefficient (Wildman–Crippen LogP) is 3.12. The van der Waals surface area contributed by atoms with Gasteiger partial charge in [0.05, 0.1) is 5.60 Å². The van der Waals surface area contributed by atoms with Gasteiger partial charge >= 0.3 is 0 Å². The number of hydrogen-bond acceptors (Lipinski definition) is 1. The van der Waals surface area contributed by atoms with Crippen LogP contribution in [0.5, 0.6) is 0 Å². The van der Waals surface area contributed by atoms with Gasteiger partial charge in [-0.05, 0) is 25.5 Å². The molecule has 0 saturated heterocycles. The van der Waals surface area contributed by atoms with Crippen molar-refractivity contribution in [2.45, 2.75) is 19.4 Å². The summed E-state index contributed by atoms with van der Waals surface area (Å²) >= 11 is 5.92. The molecule has 0 aliphatic rings. The molecule has 70 valence electrons. The quantitative estimate of drug-likeness (QED) is 0.771. The molecule has 1 aromatic carbocycles. The zero-order valence-corrected chi connectivity index (χ0v) is 8.55. The predicted molar refractivity (Wildman–Crippen MR) is 56.8 cm³/mol. The molecule has 1 N–H and O–H groups in total. The standard InChI is InChI=1S/C11H13ClO/c1-11(2,13)8-7-9-5-3-4-6-10(9)12/h3-8,13H,1-2H3/b8-7+. The Morgan fingerprint density at radius 3 is 2.46 bits per heavy atom. The van der Waals surface area contributed by atoms with Crippen molar-refractivity contribution in [2.24, 2.45) is 0 Å². The summed E-state index contributed by atoms with van der Waals surface area (Å²) in [5.41, 5.74) is 0.130. The molecule has 1 aromatic rings. The normalized spacial score (nSPS) is 12.3. The largest absolute Gasteiger partial charge is 0.386 e. The van der Waals surface area contributed by atoms with Crippen molar-refractivity contribution in [1.82, 2.24) is 0 Å². The topological polar surface area (TPSA) is 20.2 Å². The van der Waals surface area contributed by atoms with E-state index in [2.05, 4.69) is 0 Å². The Labute approximate surface area is 83.7 Å². The molecule has 0 radical (unpaired) electrons. The van der Waals surface area contributed by atoms with Gasteiger partial charge in [0.2, 0.25) is 0 Å². The van der Waals surface area contributed by atoms with E-state index in [4.69, 9.17) is 11.6 Å². The van der Waals surface area contributed by atoms with Crippen molar-refractivity contribution < 1.29 is 5.11 Å². The Bertz CT molecular complexity index is 310. The van der Waals surface area contributed by atoms with E-state index in [9.17, 15) is 5.11 Å². The van der Waals surface area contributed by atoms with Crippen molar-refractivity contribution in [1.29, 1.82) is 0 Å². The summed E-state index contributed by atoms with van der Waals surface area (Å²) in [5.74, 6) is 0. The molecule has 0 unspecified atom stereocenters. The molecular formula is C11H13ClO. The van der Waals surface area contributed by atoms with Gasteiger partial charge in [0.1, 0.15) is 0 Å². The van der Waals surface area contributed by atoms with Gasteiger partial charge in [-0.2, -0.15) is 0 Å². The number of hydrogen-bond donors (Lipinski definition) is 1. The third kappa shape index (κ3) is 3.62. The smallest absolute Gasteiger partial charge is 0.0774 e. The maximum Gasteiger partial charge on any atom is 0.0774 e. The van der Waals surface area contributed by atoms with Crippen LogP contribution in [0.15, 0.2) is 30.3 Å². The molecule has 0 saturated carbocycles. The minimum atomic E-state index is -0.792. The average molecular weight is 197 g/mol. The zero-order chi connectivity index (χ0) is 9.90. The highest BCUT2D eigenvalue weighted by Crippen LogP contribution is 2.17. The molecule has 2 heteroatoms. The molecule has 0 bridgehead atoms. The summed E-state index contributed by atoms with van der Waals surface area (Å²) < 4.78 is 0. The maximum absolute atomic E-state index is 9.44. The lowest BCUT2D eigenvalue weighted by molar-refractivity contribution is 0.134. The number of aliphatic hydroxyl groups is 1. The summed E-state index contributed by atoms with van der Waals surface area (Å²) in [4.78, 5) is 0.